The third-order valence-corrected chi connectivity index (χ3v) is 2.96. The number of aromatic nitrogens is 4. The lowest BCUT2D eigenvalue weighted by Gasteiger charge is -2.18. The number of aromatic amines is 1. The van der Waals surface area contributed by atoms with Crippen molar-refractivity contribution in [3.05, 3.63) is 29.8 Å². The molecule has 2 rings (SSSR count). The summed E-state index contributed by atoms with van der Waals surface area (Å²) in [4.78, 5) is 13.7. The highest BCUT2D eigenvalue weighted by Gasteiger charge is 2.12. The van der Waals surface area contributed by atoms with E-state index >= 15 is 0 Å². The minimum absolute atomic E-state index is 0.0784. The van der Waals surface area contributed by atoms with Gasteiger partial charge in [-0.25, -0.2) is 0 Å². The lowest BCUT2D eigenvalue weighted by molar-refractivity contribution is 0.0769. The van der Waals surface area contributed by atoms with Gasteiger partial charge >= 0.3 is 0 Å². The number of hydrogen-bond acceptors (Lipinski definition) is 5. The van der Waals surface area contributed by atoms with Gasteiger partial charge in [-0.2, -0.15) is 5.21 Å². The Kier molecular flexibility index (Phi) is 4.41. The van der Waals surface area contributed by atoms with Crippen LogP contribution in [0.2, 0.25) is 0 Å². The fourth-order valence-corrected chi connectivity index (χ4v) is 1.75. The average Bonchev–Trinajstić information content (AvgIpc) is 2.98. The lowest BCUT2D eigenvalue weighted by Crippen LogP contribution is -2.29. The maximum atomic E-state index is 12.1. The van der Waals surface area contributed by atoms with Crippen LogP contribution in [0.15, 0.2) is 24.3 Å². The lowest BCUT2D eigenvalue weighted by atomic mass is 10.1. The maximum Gasteiger partial charge on any atom is 0.253 e. The minimum Gasteiger partial charge on any atom is -0.393 e. The number of aliphatic hydroxyl groups excluding tert-OH is 1. The van der Waals surface area contributed by atoms with Gasteiger partial charge in [0.25, 0.3) is 5.91 Å². The highest BCUT2D eigenvalue weighted by Crippen LogP contribution is 2.15. The summed E-state index contributed by atoms with van der Waals surface area (Å²) in [7, 11) is 1.72. The summed E-state index contributed by atoms with van der Waals surface area (Å²) < 4.78 is 0. The second kappa shape index (κ2) is 6.25. The molecule has 0 aliphatic rings. The van der Waals surface area contributed by atoms with Crippen LogP contribution in [-0.2, 0) is 0 Å². The standard InChI is InChI=1S/C13H17N5O2/c1-9(19)7-8-18(2)13(20)11-5-3-10(4-6-11)12-14-16-17-15-12/h3-6,9,19H,7-8H2,1-2H3,(H,14,15,16,17). The second-order valence-corrected chi connectivity index (χ2v) is 4.68. The van der Waals surface area contributed by atoms with Gasteiger partial charge in [-0.1, -0.05) is 12.1 Å². The zero-order valence-corrected chi connectivity index (χ0v) is 11.4. The molecule has 0 fully saturated rings. The van der Waals surface area contributed by atoms with Crippen LogP contribution >= 0.6 is 0 Å². The summed E-state index contributed by atoms with van der Waals surface area (Å²) in [6.07, 6.45) is 0.147. The molecule has 2 N–H and O–H groups in total. The molecule has 1 heterocycles. The normalized spacial score (nSPS) is 12.2. The number of nitrogens with zero attached hydrogens (tertiary/aromatic N) is 4. The van der Waals surface area contributed by atoms with E-state index in [9.17, 15) is 9.90 Å². The van der Waals surface area contributed by atoms with Crippen LogP contribution in [0.25, 0.3) is 11.4 Å². The van der Waals surface area contributed by atoms with E-state index < -0.39 is 6.10 Å². The summed E-state index contributed by atoms with van der Waals surface area (Å²) in [6, 6.07) is 7.01. The Morgan fingerprint density at radius 1 is 1.40 bits per heavy atom. The molecule has 0 radical (unpaired) electrons. The summed E-state index contributed by atoms with van der Waals surface area (Å²) in [6.45, 7) is 2.22. The molecule has 0 aliphatic carbocycles. The molecule has 0 bridgehead atoms. The van der Waals surface area contributed by atoms with Crippen LogP contribution in [0.5, 0.6) is 0 Å². The van der Waals surface area contributed by atoms with Crippen LogP contribution < -0.4 is 0 Å². The van der Waals surface area contributed by atoms with Gasteiger partial charge in [0, 0.05) is 24.7 Å². The predicted molar refractivity (Wildman–Crippen MR) is 72.9 cm³/mol. The summed E-state index contributed by atoms with van der Waals surface area (Å²) >= 11 is 0. The van der Waals surface area contributed by atoms with E-state index in [0.717, 1.165) is 5.56 Å². The van der Waals surface area contributed by atoms with Gasteiger partial charge in [-0.3, -0.25) is 4.79 Å². The molecular formula is C13H17N5O2. The smallest absolute Gasteiger partial charge is 0.253 e. The molecule has 7 nitrogen and oxygen atoms in total. The van der Waals surface area contributed by atoms with Crippen LogP contribution in [-0.4, -0.2) is 56.2 Å². The number of rotatable bonds is 5. The fourth-order valence-electron chi connectivity index (χ4n) is 1.75. The van der Waals surface area contributed by atoms with Crippen molar-refractivity contribution in [2.24, 2.45) is 0 Å². The first kappa shape index (κ1) is 14.1. The SMILES string of the molecule is CC(O)CCN(C)C(=O)c1ccc(-c2nn[nH]n2)cc1. The van der Waals surface area contributed by atoms with E-state index in [1.807, 2.05) is 0 Å². The van der Waals surface area contributed by atoms with Gasteiger partial charge in [0.1, 0.15) is 0 Å². The fraction of sp³-hybridized carbons (Fsp3) is 0.385. The van der Waals surface area contributed by atoms with Gasteiger partial charge in [-0.15, -0.1) is 10.2 Å². The van der Waals surface area contributed by atoms with Crippen LogP contribution in [0, 0.1) is 0 Å². The number of hydrogen-bond donors (Lipinski definition) is 2. The van der Waals surface area contributed by atoms with Gasteiger partial charge in [0.15, 0.2) is 0 Å². The largest absolute Gasteiger partial charge is 0.393 e. The molecule has 106 valence electrons. The Hall–Kier alpha value is -2.28. The van der Waals surface area contributed by atoms with Gasteiger partial charge < -0.3 is 10.0 Å². The Balaban J connectivity index is 2.04. The zero-order chi connectivity index (χ0) is 14.5. The molecule has 1 atom stereocenters. The average molecular weight is 275 g/mol. The van der Waals surface area contributed by atoms with E-state index in [1.165, 1.54) is 0 Å². The number of aliphatic hydroxyl groups is 1. The number of carbonyl (C=O) groups is 1. The topological polar surface area (TPSA) is 95.0 Å². The van der Waals surface area contributed by atoms with E-state index in [1.54, 1.807) is 43.1 Å². The van der Waals surface area contributed by atoms with Crippen molar-refractivity contribution < 1.29 is 9.90 Å². The van der Waals surface area contributed by atoms with Crippen molar-refractivity contribution in [2.75, 3.05) is 13.6 Å². The molecule has 7 heteroatoms. The van der Waals surface area contributed by atoms with Crippen LogP contribution in [0.1, 0.15) is 23.7 Å². The zero-order valence-electron chi connectivity index (χ0n) is 11.4. The molecule has 0 saturated carbocycles. The Bertz CT molecular complexity index is 551. The quantitative estimate of drug-likeness (QED) is 0.838. The molecule has 1 amide bonds. The highest BCUT2D eigenvalue weighted by atomic mass is 16.3. The number of benzene rings is 1. The molecule has 0 aliphatic heterocycles. The van der Waals surface area contributed by atoms with E-state index in [2.05, 4.69) is 20.6 Å². The predicted octanol–water partition coefficient (Wildman–Crippen LogP) is 0.710. The van der Waals surface area contributed by atoms with Crippen molar-refractivity contribution >= 4 is 5.91 Å². The Morgan fingerprint density at radius 2 is 2.10 bits per heavy atom. The number of amides is 1. The highest BCUT2D eigenvalue weighted by molar-refractivity contribution is 5.94. The molecule has 1 unspecified atom stereocenters. The van der Waals surface area contributed by atoms with Crippen molar-refractivity contribution in [2.45, 2.75) is 19.4 Å². The molecule has 1 aromatic heterocycles. The number of nitrogens with one attached hydrogen (secondary N) is 1. The van der Waals surface area contributed by atoms with Gasteiger partial charge in [0.2, 0.25) is 5.82 Å². The number of H-pyrrole nitrogens is 1. The number of tetrazole rings is 1. The molecule has 2 aromatic rings. The molecular weight excluding hydrogens is 258 g/mol. The summed E-state index contributed by atoms with van der Waals surface area (Å²) in [5, 5.41) is 22.9. The Morgan fingerprint density at radius 3 is 2.65 bits per heavy atom. The third-order valence-electron chi connectivity index (χ3n) is 2.96. The second-order valence-electron chi connectivity index (χ2n) is 4.68. The summed E-state index contributed by atoms with van der Waals surface area (Å²) in [5.41, 5.74) is 1.38. The van der Waals surface area contributed by atoms with E-state index in [0.29, 0.717) is 24.4 Å². The molecule has 1 aromatic carbocycles. The van der Waals surface area contributed by atoms with Gasteiger partial charge in [-0.05, 0) is 30.7 Å². The van der Waals surface area contributed by atoms with Crippen LogP contribution in [0.4, 0.5) is 0 Å². The molecule has 20 heavy (non-hydrogen) atoms. The molecule has 0 saturated heterocycles. The van der Waals surface area contributed by atoms with Crippen molar-refractivity contribution in [1.82, 2.24) is 25.5 Å². The Labute approximate surface area is 116 Å². The summed E-state index contributed by atoms with van der Waals surface area (Å²) in [5.74, 6) is 0.414. The van der Waals surface area contributed by atoms with Crippen molar-refractivity contribution in [1.29, 1.82) is 0 Å². The third kappa shape index (κ3) is 3.39. The number of carbonyl (C=O) groups excluding carboxylic acids is 1. The van der Waals surface area contributed by atoms with Crippen LogP contribution in [0.3, 0.4) is 0 Å². The van der Waals surface area contributed by atoms with Crippen molar-refractivity contribution in [3.63, 3.8) is 0 Å². The van der Waals surface area contributed by atoms with Crippen molar-refractivity contribution in [3.8, 4) is 11.4 Å². The first-order valence-corrected chi connectivity index (χ1v) is 6.35. The molecule has 0 spiro atoms. The van der Waals surface area contributed by atoms with Gasteiger partial charge in [0.05, 0.1) is 6.10 Å². The van der Waals surface area contributed by atoms with E-state index in [4.69, 9.17) is 0 Å². The minimum atomic E-state index is -0.411. The first-order valence-electron chi connectivity index (χ1n) is 6.35. The first-order chi connectivity index (χ1) is 9.58. The van der Waals surface area contributed by atoms with E-state index in [-0.39, 0.29) is 5.91 Å². The maximum absolute atomic E-state index is 12.1. The monoisotopic (exact) mass is 275 g/mol.